The number of hydrogen-bond donors (Lipinski definition) is 2. The van der Waals surface area contributed by atoms with Crippen LogP contribution in [0.5, 0.6) is 5.75 Å². The van der Waals surface area contributed by atoms with Crippen LogP contribution in [0, 0.1) is 0 Å². The zero-order valence-corrected chi connectivity index (χ0v) is 9.38. The molecule has 1 aromatic carbocycles. The third kappa shape index (κ3) is 5.39. The number of urea groups is 1. The van der Waals surface area contributed by atoms with Crippen molar-refractivity contribution >= 4 is 11.7 Å². The molecule has 5 nitrogen and oxygen atoms in total. The van der Waals surface area contributed by atoms with E-state index in [0.717, 1.165) is 12.1 Å². The highest BCUT2D eigenvalue weighted by atomic mass is 19.4. The van der Waals surface area contributed by atoms with Crippen molar-refractivity contribution < 1.29 is 27.5 Å². The number of hydrogen-bond acceptors (Lipinski definition) is 3. The minimum Gasteiger partial charge on any atom is -0.406 e. The molecule has 0 saturated carbocycles. The zero-order valence-electron chi connectivity index (χ0n) is 9.38. The average Bonchev–Trinajstić information content (AvgIpc) is 2.27. The van der Waals surface area contributed by atoms with Gasteiger partial charge in [-0.3, -0.25) is 4.84 Å². The number of carbonyl (C=O) groups is 1. The van der Waals surface area contributed by atoms with Gasteiger partial charge < -0.3 is 10.1 Å². The Morgan fingerprint density at radius 3 is 2.39 bits per heavy atom. The van der Waals surface area contributed by atoms with Gasteiger partial charge in [-0.1, -0.05) is 0 Å². The predicted octanol–water partition coefficient (Wildman–Crippen LogP) is 2.66. The molecule has 1 aromatic rings. The van der Waals surface area contributed by atoms with Crippen LogP contribution in [0.25, 0.3) is 0 Å². The van der Waals surface area contributed by atoms with Crippen LogP contribution in [0.15, 0.2) is 24.3 Å². The molecule has 0 fully saturated rings. The molecule has 100 valence electrons. The van der Waals surface area contributed by atoms with E-state index in [1.54, 1.807) is 6.92 Å². The molecule has 0 saturated heterocycles. The van der Waals surface area contributed by atoms with Crippen molar-refractivity contribution in [1.29, 1.82) is 0 Å². The molecular weight excluding hydrogens is 253 g/mol. The van der Waals surface area contributed by atoms with Crippen molar-refractivity contribution in [2.24, 2.45) is 0 Å². The van der Waals surface area contributed by atoms with Crippen molar-refractivity contribution in [2.45, 2.75) is 13.3 Å². The first-order chi connectivity index (χ1) is 8.40. The lowest BCUT2D eigenvalue weighted by Gasteiger charge is -2.10. The summed E-state index contributed by atoms with van der Waals surface area (Å²) >= 11 is 0. The van der Waals surface area contributed by atoms with E-state index in [0.29, 0.717) is 12.3 Å². The van der Waals surface area contributed by atoms with Crippen LogP contribution in [0.2, 0.25) is 0 Å². The number of alkyl halides is 3. The van der Waals surface area contributed by atoms with Crippen LogP contribution in [-0.4, -0.2) is 19.0 Å². The number of amides is 2. The maximum atomic E-state index is 11.9. The van der Waals surface area contributed by atoms with E-state index in [9.17, 15) is 18.0 Å². The molecule has 0 bridgehead atoms. The normalized spacial score (nSPS) is 10.9. The van der Waals surface area contributed by atoms with Gasteiger partial charge in [0, 0.05) is 5.69 Å². The summed E-state index contributed by atoms with van der Waals surface area (Å²) in [6, 6.07) is 4.09. The fraction of sp³-hybridized carbons (Fsp3) is 0.300. The summed E-state index contributed by atoms with van der Waals surface area (Å²) < 4.78 is 39.3. The molecule has 18 heavy (non-hydrogen) atoms. The number of carbonyl (C=O) groups excluding carboxylic acids is 1. The second-order valence-corrected chi connectivity index (χ2v) is 3.06. The van der Waals surface area contributed by atoms with E-state index in [1.807, 2.05) is 0 Å². The van der Waals surface area contributed by atoms with Crippen LogP contribution < -0.4 is 15.5 Å². The van der Waals surface area contributed by atoms with Crippen LogP contribution in [-0.2, 0) is 4.84 Å². The van der Waals surface area contributed by atoms with Gasteiger partial charge in [-0.2, -0.15) is 0 Å². The molecule has 0 spiro atoms. The van der Waals surface area contributed by atoms with E-state index < -0.39 is 12.4 Å². The summed E-state index contributed by atoms with van der Waals surface area (Å²) in [7, 11) is 0. The average molecular weight is 264 g/mol. The molecule has 0 aliphatic heterocycles. The molecule has 0 aliphatic carbocycles. The van der Waals surface area contributed by atoms with Gasteiger partial charge in [0.2, 0.25) is 0 Å². The van der Waals surface area contributed by atoms with Crippen molar-refractivity contribution in [1.82, 2.24) is 5.48 Å². The van der Waals surface area contributed by atoms with Crippen LogP contribution in [0.1, 0.15) is 6.92 Å². The molecular formula is C10H11F3N2O3. The number of ether oxygens (including phenoxy) is 1. The van der Waals surface area contributed by atoms with Gasteiger partial charge in [0.1, 0.15) is 5.75 Å². The van der Waals surface area contributed by atoms with Gasteiger partial charge >= 0.3 is 12.4 Å². The highest BCUT2D eigenvalue weighted by molar-refractivity contribution is 5.88. The summed E-state index contributed by atoms with van der Waals surface area (Å²) in [5.41, 5.74) is 2.38. The van der Waals surface area contributed by atoms with E-state index in [1.165, 1.54) is 12.1 Å². The quantitative estimate of drug-likeness (QED) is 0.822. The van der Waals surface area contributed by atoms with Gasteiger partial charge in [0.25, 0.3) is 0 Å². The molecule has 8 heteroatoms. The Morgan fingerprint density at radius 1 is 1.28 bits per heavy atom. The largest absolute Gasteiger partial charge is 0.573 e. The molecule has 1 rings (SSSR count). The SMILES string of the molecule is CCONC(=O)Nc1ccc(OC(F)(F)F)cc1. The Kier molecular flexibility index (Phi) is 4.78. The van der Waals surface area contributed by atoms with Crippen molar-refractivity contribution in [3.8, 4) is 5.75 Å². The smallest absolute Gasteiger partial charge is 0.406 e. The van der Waals surface area contributed by atoms with E-state index >= 15 is 0 Å². The fourth-order valence-corrected chi connectivity index (χ4v) is 1.03. The van der Waals surface area contributed by atoms with E-state index in [-0.39, 0.29) is 5.75 Å². The molecule has 0 radical (unpaired) electrons. The topological polar surface area (TPSA) is 59.6 Å². The first kappa shape index (κ1) is 14.1. The van der Waals surface area contributed by atoms with Crippen LogP contribution >= 0.6 is 0 Å². The minimum atomic E-state index is -4.73. The molecule has 2 amide bonds. The summed E-state index contributed by atoms with van der Waals surface area (Å²) in [6.45, 7) is 1.98. The Morgan fingerprint density at radius 2 is 1.89 bits per heavy atom. The maximum Gasteiger partial charge on any atom is 0.573 e. The molecule has 0 unspecified atom stereocenters. The Labute approximate surface area is 101 Å². The monoisotopic (exact) mass is 264 g/mol. The first-order valence-corrected chi connectivity index (χ1v) is 4.95. The Bertz CT molecular complexity index is 392. The highest BCUT2D eigenvalue weighted by Gasteiger charge is 2.30. The molecule has 0 atom stereocenters. The summed E-state index contributed by atoms with van der Waals surface area (Å²) in [6.07, 6.45) is -4.73. The highest BCUT2D eigenvalue weighted by Crippen LogP contribution is 2.23. The summed E-state index contributed by atoms with van der Waals surface area (Å²) in [5, 5.41) is 2.35. The van der Waals surface area contributed by atoms with E-state index in [4.69, 9.17) is 0 Å². The lowest BCUT2D eigenvalue weighted by Crippen LogP contribution is -2.28. The minimum absolute atomic E-state index is 0.297. The van der Waals surface area contributed by atoms with Crippen molar-refractivity contribution in [3.05, 3.63) is 24.3 Å². The Balaban J connectivity index is 2.52. The number of nitrogens with one attached hydrogen (secondary N) is 2. The number of benzene rings is 1. The number of halogens is 3. The lowest BCUT2D eigenvalue weighted by atomic mass is 10.3. The van der Waals surface area contributed by atoms with Gasteiger partial charge in [-0.05, 0) is 31.2 Å². The molecule has 0 aromatic heterocycles. The van der Waals surface area contributed by atoms with E-state index in [2.05, 4.69) is 20.4 Å². The molecule has 0 aliphatic rings. The van der Waals surface area contributed by atoms with Gasteiger partial charge in [0.15, 0.2) is 0 Å². The number of anilines is 1. The lowest BCUT2D eigenvalue weighted by molar-refractivity contribution is -0.274. The predicted molar refractivity (Wildman–Crippen MR) is 56.9 cm³/mol. The molecule has 2 N–H and O–H groups in total. The third-order valence-corrected chi connectivity index (χ3v) is 1.65. The second-order valence-electron chi connectivity index (χ2n) is 3.06. The van der Waals surface area contributed by atoms with Crippen LogP contribution in [0.4, 0.5) is 23.7 Å². The van der Waals surface area contributed by atoms with Crippen molar-refractivity contribution in [2.75, 3.05) is 11.9 Å². The van der Waals surface area contributed by atoms with Crippen LogP contribution in [0.3, 0.4) is 0 Å². The van der Waals surface area contributed by atoms with Gasteiger partial charge in [-0.15, -0.1) is 13.2 Å². The third-order valence-electron chi connectivity index (χ3n) is 1.65. The fourth-order valence-electron chi connectivity index (χ4n) is 1.03. The van der Waals surface area contributed by atoms with Crippen molar-refractivity contribution in [3.63, 3.8) is 0 Å². The maximum absolute atomic E-state index is 11.9. The van der Waals surface area contributed by atoms with Gasteiger partial charge in [-0.25, -0.2) is 10.3 Å². The summed E-state index contributed by atoms with van der Waals surface area (Å²) in [4.78, 5) is 15.7. The van der Waals surface area contributed by atoms with Gasteiger partial charge in [0.05, 0.1) is 6.61 Å². The standard InChI is InChI=1S/C10H11F3N2O3/c1-2-17-15-9(16)14-7-3-5-8(6-4-7)18-10(11,12)13/h3-6H,2H2,1H3,(H2,14,15,16). The molecule has 0 heterocycles. The number of rotatable bonds is 4. The zero-order chi connectivity index (χ0) is 13.6. The second kappa shape index (κ2) is 6.10. The number of hydroxylamine groups is 1. The Hall–Kier alpha value is -1.96. The summed E-state index contributed by atoms with van der Waals surface area (Å²) in [5.74, 6) is -0.363. The first-order valence-electron chi connectivity index (χ1n) is 4.95.